The molecule has 1 rings (SSSR count). The first-order chi connectivity index (χ1) is 9.40. The van der Waals surface area contributed by atoms with E-state index >= 15 is 0 Å². The third-order valence-electron chi connectivity index (χ3n) is 4.67. The predicted octanol–water partition coefficient (Wildman–Crippen LogP) is 4.78. The van der Waals surface area contributed by atoms with E-state index in [4.69, 9.17) is 0 Å². The van der Waals surface area contributed by atoms with Gasteiger partial charge in [0.05, 0.1) is 0 Å². The number of nitrogens with one attached hydrogen (secondary N) is 1. The molecule has 1 aliphatic carbocycles. The zero-order valence-corrected chi connectivity index (χ0v) is 14.2. The van der Waals surface area contributed by atoms with E-state index in [1.807, 2.05) is 0 Å². The zero-order valence-electron chi connectivity index (χ0n) is 14.2. The average Bonchev–Trinajstić information content (AvgIpc) is 2.35. The van der Waals surface area contributed by atoms with Gasteiger partial charge in [-0.15, -0.1) is 0 Å². The van der Waals surface area contributed by atoms with Gasteiger partial charge in [-0.1, -0.05) is 59.8 Å². The van der Waals surface area contributed by atoms with Crippen LogP contribution in [0, 0.1) is 23.7 Å². The minimum absolute atomic E-state index is 0.202. The summed E-state index contributed by atoms with van der Waals surface area (Å²) in [6.45, 7) is 10.9. The van der Waals surface area contributed by atoms with Crippen molar-refractivity contribution in [2.45, 2.75) is 85.6 Å². The molecular weight excluding hydrogens is 246 g/mol. The number of carbonyl (C=O) groups excluding carboxylic acids is 1. The van der Waals surface area contributed by atoms with Crippen LogP contribution >= 0.6 is 0 Å². The first-order valence-corrected chi connectivity index (χ1v) is 8.70. The molecule has 2 atom stereocenters. The van der Waals surface area contributed by atoms with E-state index in [2.05, 4.69) is 39.9 Å². The molecule has 0 aromatic heterocycles. The van der Waals surface area contributed by atoms with Crippen LogP contribution in [-0.4, -0.2) is 11.9 Å². The van der Waals surface area contributed by atoms with Crippen molar-refractivity contribution in [3.8, 4) is 0 Å². The normalized spacial score (nSPS) is 20.1. The lowest BCUT2D eigenvalue weighted by molar-refractivity contribution is -0.127. The van der Waals surface area contributed by atoms with Crippen molar-refractivity contribution in [1.82, 2.24) is 5.32 Å². The molecule has 2 heteroatoms. The van der Waals surface area contributed by atoms with E-state index in [1.54, 1.807) is 0 Å². The Labute approximate surface area is 126 Å². The van der Waals surface area contributed by atoms with Gasteiger partial charge in [0.25, 0.3) is 0 Å². The monoisotopic (exact) mass is 281 g/mol. The van der Waals surface area contributed by atoms with Crippen LogP contribution in [-0.2, 0) is 4.79 Å². The minimum atomic E-state index is 0.202. The SMILES string of the molecule is CC(C)C[C@H](C)NC(=O)[C@H](CC1CCCCC1)C(C)C. The number of carbonyl (C=O) groups is 1. The van der Waals surface area contributed by atoms with E-state index < -0.39 is 0 Å². The van der Waals surface area contributed by atoms with E-state index in [-0.39, 0.29) is 5.92 Å². The van der Waals surface area contributed by atoms with Gasteiger partial charge in [0.1, 0.15) is 0 Å². The molecule has 2 nitrogen and oxygen atoms in total. The molecule has 118 valence electrons. The Bertz CT molecular complexity index is 279. The van der Waals surface area contributed by atoms with Crippen LogP contribution in [0.1, 0.15) is 79.6 Å². The Balaban J connectivity index is 2.49. The molecule has 0 aromatic rings. The molecule has 0 heterocycles. The van der Waals surface area contributed by atoms with Crippen molar-refractivity contribution in [2.75, 3.05) is 0 Å². The van der Waals surface area contributed by atoms with Gasteiger partial charge in [0.15, 0.2) is 0 Å². The first-order valence-electron chi connectivity index (χ1n) is 8.70. The maximum atomic E-state index is 12.5. The Morgan fingerprint density at radius 3 is 2.15 bits per heavy atom. The van der Waals surface area contributed by atoms with E-state index in [0.717, 1.165) is 18.8 Å². The summed E-state index contributed by atoms with van der Waals surface area (Å²) in [5.41, 5.74) is 0. The van der Waals surface area contributed by atoms with Gasteiger partial charge >= 0.3 is 0 Å². The van der Waals surface area contributed by atoms with Gasteiger partial charge in [0.2, 0.25) is 5.91 Å². The molecule has 1 N–H and O–H groups in total. The fraction of sp³-hybridized carbons (Fsp3) is 0.944. The van der Waals surface area contributed by atoms with Gasteiger partial charge < -0.3 is 5.32 Å². The van der Waals surface area contributed by atoms with Crippen LogP contribution in [0.5, 0.6) is 0 Å². The topological polar surface area (TPSA) is 29.1 Å². The van der Waals surface area contributed by atoms with Crippen molar-refractivity contribution >= 4 is 5.91 Å². The summed E-state index contributed by atoms with van der Waals surface area (Å²) >= 11 is 0. The molecule has 1 saturated carbocycles. The number of amides is 1. The Morgan fingerprint density at radius 2 is 1.65 bits per heavy atom. The van der Waals surface area contributed by atoms with Crippen molar-refractivity contribution < 1.29 is 4.79 Å². The second-order valence-corrected chi connectivity index (χ2v) is 7.63. The molecule has 1 amide bonds. The Hall–Kier alpha value is -0.530. The quantitative estimate of drug-likeness (QED) is 0.715. The summed E-state index contributed by atoms with van der Waals surface area (Å²) in [5, 5.41) is 3.24. The molecule has 20 heavy (non-hydrogen) atoms. The molecule has 0 radical (unpaired) electrons. The van der Waals surface area contributed by atoms with Crippen molar-refractivity contribution in [2.24, 2.45) is 23.7 Å². The van der Waals surface area contributed by atoms with Crippen molar-refractivity contribution in [3.05, 3.63) is 0 Å². The Morgan fingerprint density at radius 1 is 1.05 bits per heavy atom. The maximum Gasteiger partial charge on any atom is 0.223 e. The van der Waals surface area contributed by atoms with Crippen LogP contribution in [0.4, 0.5) is 0 Å². The van der Waals surface area contributed by atoms with Crippen LogP contribution in [0.3, 0.4) is 0 Å². The third-order valence-corrected chi connectivity index (χ3v) is 4.67. The van der Waals surface area contributed by atoms with Crippen molar-refractivity contribution in [1.29, 1.82) is 0 Å². The van der Waals surface area contributed by atoms with E-state index in [0.29, 0.717) is 23.8 Å². The Kier molecular flexibility index (Phi) is 7.61. The molecule has 0 spiro atoms. The molecular formula is C18H35NO. The number of rotatable bonds is 7. The molecule has 1 aliphatic rings. The highest BCUT2D eigenvalue weighted by atomic mass is 16.1. The van der Waals surface area contributed by atoms with Crippen LogP contribution < -0.4 is 5.32 Å². The molecule has 0 saturated heterocycles. The maximum absolute atomic E-state index is 12.5. The lowest BCUT2D eigenvalue weighted by Crippen LogP contribution is -2.40. The average molecular weight is 281 g/mol. The third kappa shape index (κ3) is 6.28. The van der Waals surface area contributed by atoms with Crippen LogP contribution in [0.15, 0.2) is 0 Å². The summed E-state index contributed by atoms with van der Waals surface area (Å²) in [5.74, 6) is 2.36. The highest BCUT2D eigenvalue weighted by Crippen LogP contribution is 2.31. The van der Waals surface area contributed by atoms with Gasteiger partial charge in [-0.25, -0.2) is 0 Å². The summed E-state index contributed by atoms with van der Waals surface area (Å²) in [6.07, 6.45) is 8.94. The number of hydrogen-bond acceptors (Lipinski definition) is 1. The van der Waals surface area contributed by atoms with Crippen LogP contribution in [0.2, 0.25) is 0 Å². The molecule has 1 fully saturated rings. The van der Waals surface area contributed by atoms with E-state index in [9.17, 15) is 4.79 Å². The molecule has 0 bridgehead atoms. The first kappa shape index (κ1) is 17.5. The molecule has 0 aliphatic heterocycles. The standard InChI is InChI=1S/C18H35NO/c1-13(2)11-15(5)19-18(20)17(14(3)4)12-16-9-7-6-8-10-16/h13-17H,6-12H2,1-5H3,(H,19,20)/t15-,17+/m0/s1. The van der Waals surface area contributed by atoms with Gasteiger partial charge in [-0.2, -0.15) is 0 Å². The van der Waals surface area contributed by atoms with Gasteiger partial charge in [-0.05, 0) is 37.5 Å². The van der Waals surface area contributed by atoms with Crippen LogP contribution in [0.25, 0.3) is 0 Å². The highest BCUT2D eigenvalue weighted by molar-refractivity contribution is 5.79. The fourth-order valence-electron chi connectivity index (χ4n) is 3.58. The van der Waals surface area contributed by atoms with E-state index in [1.165, 1.54) is 32.1 Å². The second kappa shape index (κ2) is 8.69. The van der Waals surface area contributed by atoms with Gasteiger partial charge in [-0.3, -0.25) is 4.79 Å². The largest absolute Gasteiger partial charge is 0.353 e. The summed E-state index contributed by atoms with van der Waals surface area (Å²) in [4.78, 5) is 12.5. The van der Waals surface area contributed by atoms with Crippen molar-refractivity contribution in [3.63, 3.8) is 0 Å². The minimum Gasteiger partial charge on any atom is -0.353 e. The molecule has 0 aromatic carbocycles. The highest BCUT2D eigenvalue weighted by Gasteiger charge is 2.27. The molecule has 0 unspecified atom stereocenters. The lowest BCUT2D eigenvalue weighted by Gasteiger charge is -2.29. The smallest absolute Gasteiger partial charge is 0.223 e. The zero-order chi connectivity index (χ0) is 15.1. The number of hydrogen-bond donors (Lipinski definition) is 1. The summed E-state index contributed by atoms with van der Waals surface area (Å²) in [7, 11) is 0. The second-order valence-electron chi connectivity index (χ2n) is 7.63. The predicted molar refractivity (Wildman–Crippen MR) is 86.6 cm³/mol. The lowest BCUT2D eigenvalue weighted by atomic mass is 9.79. The summed E-state index contributed by atoms with van der Waals surface area (Å²) in [6, 6.07) is 0.301. The fourth-order valence-corrected chi connectivity index (χ4v) is 3.58. The van der Waals surface area contributed by atoms with Gasteiger partial charge in [0, 0.05) is 12.0 Å². The summed E-state index contributed by atoms with van der Waals surface area (Å²) < 4.78 is 0.